The summed E-state index contributed by atoms with van der Waals surface area (Å²) >= 11 is 0. The lowest BCUT2D eigenvalue weighted by atomic mass is 9.92. The van der Waals surface area contributed by atoms with Gasteiger partial charge in [0.1, 0.15) is 12.5 Å². The number of pyridine rings is 1. The Kier molecular flexibility index (Phi) is 12.4. The van der Waals surface area contributed by atoms with E-state index in [1.165, 1.54) is 19.1 Å². The van der Waals surface area contributed by atoms with Crippen molar-refractivity contribution in [3.8, 4) is 6.07 Å². The van der Waals surface area contributed by atoms with E-state index in [4.69, 9.17) is 0 Å². The van der Waals surface area contributed by atoms with Crippen molar-refractivity contribution < 1.29 is 18.4 Å². The van der Waals surface area contributed by atoms with Crippen molar-refractivity contribution >= 4 is 18.1 Å². The van der Waals surface area contributed by atoms with Crippen LogP contribution in [0.5, 0.6) is 0 Å². The van der Waals surface area contributed by atoms with E-state index in [2.05, 4.69) is 16.4 Å². The third kappa shape index (κ3) is 9.26. The fraction of sp³-hybridized carbons (Fsp3) is 0.375. The number of hydrogen-bond donors (Lipinski definition) is 1. The summed E-state index contributed by atoms with van der Waals surface area (Å²) in [5.41, 5.74) is 1.70. The highest BCUT2D eigenvalue weighted by Gasteiger charge is 2.30. The van der Waals surface area contributed by atoms with Crippen molar-refractivity contribution in [1.29, 1.82) is 5.26 Å². The lowest BCUT2D eigenvalue weighted by molar-refractivity contribution is -0.140. The van der Waals surface area contributed by atoms with Gasteiger partial charge in [0.05, 0.1) is 23.5 Å². The van der Waals surface area contributed by atoms with Crippen molar-refractivity contribution in [3.05, 3.63) is 95.0 Å². The summed E-state index contributed by atoms with van der Waals surface area (Å²) in [5.74, 6) is -0.0952. The molecule has 0 bridgehead atoms. The van der Waals surface area contributed by atoms with Gasteiger partial charge in [0.15, 0.2) is 0 Å². The molecule has 0 saturated carbocycles. The minimum absolute atomic E-state index is 0.0420. The molecular formula is C32H38F2N4O2. The monoisotopic (exact) mass is 548 g/mol. The van der Waals surface area contributed by atoms with Crippen LogP contribution in [-0.2, 0) is 9.59 Å². The van der Waals surface area contributed by atoms with Crippen LogP contribution in [0.2, 0.25) is 0 Å². The van der Waals surface area contributed by atoms with Gasteiger partial charge in [-0.1, -0.05) is 57.2 Å². The molecule has 8 heteroatoms. The summed E-state index contributed by atoms with van der Waals surface area (Å²) in [6.07, 6.45) is 17.1. The number of hydrogen-bond acceptors (Lipinski definition) is 4. The van der Waals surface area contributed by atoms with E-state index >= 15 is 0 Å². The zero-order valence-electron chi connectivity index (χ0n) is 23.8. The predicted octanol–water partition coefficient (Wildman–Crippen LogP) is 7.05. The Hall–Kier alpha value is -4.12. The van der Waals surface area contributed by atoms with E-state index in [9.17, 15) is 23.6 Å². The Morgan fingerprint density at radius 3 is 2.60 bits per heavy atom. The van der Waals surface area contributed by atoms with Crippen molar-refractivity contribution in [3.63, 3.8) is 0 Å². The van der Waals surface area contributed by atoms with Crippen molar-refractivity contribution in [2.45, 2.75) is 59.4 Å². The average molecular weight is 549 g/mol. The van der Waals surface area contributed by atoms with E-state index in [1.54, 1.807) is 57.0 Å². The summed E-state index contributed by atoms with van der Waals surface area (Å²) in [4.78, 5) is 30.2. The molecule has 1 heterocycles. The highest BCUT2D eigenvalue weighted by molar-refractivity contribution is 5.82. The summed E-state index contributed by atoms with van der Waals surface area (Å²) in [6.45, 7) is 7.81. The normalized spacial score (nSPS) is 21.0. The number of carbonyl (C=O) groups is 2. The lowest BCUT2D eigenvalue weighted by Gasteiger charge is -2.34. The number of nitrogens with zero attached hydrogens (tertiary/aromatic N) is 3. The van der Waals surface area contributed by atoms with Crippen LogP contribution < -0.4 is 5.32 Å². The number of halogens is 2. The minimum atomic E-state index is -0.779. The topological polar surface area (TPSA) is 86.1 Å². The molecule has 1 aliphatic carbocycles. The van der Waals surface area contributed by atoms with Gasteiger partial charge in [-0.15, -0.1) is 0 Å². The second-order valence-corrected chi connectivity index (χ2v) is 10.5. The fourth-order valence-electron chi connectivity index (χ4n) is 4.41. The number of allylic oxidation sites excluding steroid dienone is 9. The largest absolute Gasteiger partial charge is 0.332 e. The molecule has 1 aromatic rings. The number of anilines is 1. The van der Waals surface area contributed by atoms with Gasteiger partial charge in [0.25, 0.3) is 0 Å². The summed E-state index contributed by atoms with van der Waals surface area (Å²) in [7, 11) is 0. The van der Waals surface area contributed by atoms with Gasteiger partial charge in [-0.2, -0.15) is 5.26 Å². The number of carbonyl (C=O) groups excluding carboxylic acids is 2. The number of amides is 2. The summed E-state index contributed by atoms with van der Waals surface area (Å²) < 4.78 is 26.9. The van der Waals surface area contributed by atoms with Crippen LogP contribution in [-0.4, -0.2) is 41.5 Å². The molecule has 0 aromatic carbocycles. The molecule has 1 unspecified atom stereocenters. The standard InChI is InChI=1S/C32H38F2N4O2/c1-23(34)20-27(16-17-33)24(2)38(31(40)32(3,4)5)19-9-14-25-10-6-11-26(12-7-13-28(25)21-35)29-15-8-18-36-30(29)37-22-39/h6-10,13-16,18,20,22,24,26H,11-12,17,19H2,1-5H3,(H,36,37,39)/b10-6+,13-7+,14-9+,23-20+,27-16+,28-25-/t24-,26?/m1/s1. The van der Waals surface area contributed by atoms with Gasteiger partial charge in [-0.25, -0.2) is 13.8 Å². The van der Waals surface area contributed by atoms with E-state index in [1.807, 2.05) is 30.4 Å². The summed E-state index contributed by atoms with van der Waals surface area (Å²) in [6, 6.07) is 5.41. The molecule has 0 radical (unpaired) electrons. The SMILES string of the molecule is C/C(F)=C\C(=C/CF)[C@@H](C)N(C/C=C/C1=C(C#N)/C=C/CC(c2cccnc2NC=O)C\C=C\1)C(=O)C(C)(C)C. The number of nitriles is 1. The van der Waals surface area contributed by atoms with Crippen LogP contribution in [0.15, 0.2) is 89.5 Å². The van der Waals surface area contributed by atoms with Crippen molar-refractivity contribution in [2.75, 3.05) is 18.5 Å². The second kappa shape index (κ2) is 15.5. The van der Waals surface area contributed by atoms with Crippen LogP contribution in [0, 0.1) is 16.7 Å². The summed E-state index contributed by atoms with van der Waals surface area (Å²) in [5, 5.41) is 12.5. The molecule has 40 heavy (non-hydrogen) atoms. The molecule has 2 amide bonds. The Balaban J connectivity index is 2.36. The molecule has 0 saturated heterocycles. The quantitative estimate of drug-likeness (QED) is 0.251. The first-order valence-corrected chi connectivity index (χ1v) is 13.2. The maximum Gasteiger partial charge on any atom is 0.228 e. The van der Waals surface area contributed by atoms with Gasteiger partial charge in [-0.3, -0.25) is 9.59 Å². The van der Waals surface area contributed by atoms with Crippen LogP contribution >= 0.6 is 0 Å². The molecule has 1 aromatic heterocycles. The molecule has 6 nitrogen and oxygen atoms in total. The predicted molar refractivity (Wildman–Crippen MR) is 156 cm³/mol. The third-order valence-electron chi connectivity index (χ3n) is 6.46. The Morgan fingerprint density at radius 2 is 2.00 bits per heavy atom. The van der Waals surface area contributed by atoms with E-state index in [-0.39, 0.29) is 18.4 Å². The minimum Gasteiger partial charge on any atom is -0.332 e. The Morgan fingerprint density at radius 1 is 1.30 bits per heavy atom. The zero-order valence-corrected chi connectivity index (χ0v) is 23.8. The van der Waals surface area contributed by atoms with Crippen LogP contribution in [0.3, 0.4) is 0 Å². The number of nitrogens with one attached hydrogen (secondary N) is 1. The van der Waals surface area contributed by atoms with Crippen LogP contribution in [0.25, 0.3) is 0 Å². The molecule has 212 valence electrons. The molecule has 2 atom stereocenters. The molecule has 0 aliphatic heterocycles. The molecule has 0 fully saturated rings. The maximum atomic E-state index is 13.7. The third-order valence-corrected chi connectivity index (χ3v) is 6.46. The number of rotatable bonds is 10. The fourth-order valence-corrected chi connectivity index (χ4v) is 4.41. The zero-order chi connectivity index (χ0) is 29.7. The van der Waals surface area contributed by atoms with Gasteiger partial charge >= 0.3 is 0 Å². The van der Waals surface area contributed by atoms with Crippen LogP contribution in [0.1, 0.15) is 58.9 Å². The first kappa shape index (κ1) is 32.1. The molecule has 1 N–H and O–H groups in total. The molecule has 0 spiro atoms. The van der Waals surface area contributed by atoms with E-state index in [0.717, 1.165) is 5.56 Å². The lowest BCUT2D eigenvalue weighted by Crippen LogP contribution is -2.45. The van der Waals surface area contributed by atoms with Gasteiger partial charge in [-0.05, 0) is 73.6 Å². The smallest absolute Gasteiger partial charge is 0.228 e. The molecule has 1 aliphatic rings. The maximum absolute atomic E-state index is 13.7. The Labute approximate surface area is 236 Å². The van der Waals surface area contributed by atoms with E-state index in [0.29, 0.717) is 41.8 Å². The first-order chi connectivity index (χ1) is 19.0. The second-order valence-electron chi connectivity index (χ2n) is 10.5. The van der Waals surface area contributed by atoms with Gasteiger partial charge in [0.2, 0.25) is 12.3 Å². The highest BCUT2D eigenvalue weighted by atomic mass is 19.1. The van der Waals surface area contributed by atoms with Crippen molar-refractivity contribution in [2.24, 2.45) is 5.41 Å². The van der Waals surface area contributed by atoms with Crippen LogP contribution in [0.4, 0.5) is 14.6 Å². The van der Waals surface area contributed by atoms with Gasteiger partial charge < -0.3 is 10.2 Å². The van der Waals surface area contributed by atoms with Crippen molar-refractivity contribution in [1.82, 2.24) is 9.88 Å². The number of aromatic nitrogens is 1. The molecular weight excluding hydrogens is 510 g/mol. The molecule has 2 rings (SSSR count). The van der Waals surface area contributed by atoms with Gasteiger partial charge in [0, 0.05) is 18.2 Å². The number of alkyl halides is 1. The van der Waals surface area contributed by atoms with E-state index < -0.39 is 24.0 Å². The Bertz CT molecular complexity index is 1270. The highest BCUT2D eigenvalue weighted by Crippen LogP contribution is 2.31. The average Bonchev–Trinajstić information content (AvgIpc) is 3.00. The first-order valence-electron chi connectivity index (χ1n) is 13.2.